The molecular weight excluding hydrogens is 260 g/mol. The van der Waals surface area contributed by atoms with Crippen molar-refractivity contribution in [2.45, 2.75) is 45.2 Å². The third kappa shape index (κ3) is 2.75. The number of aryl methyl sites for hydroxylation is 1. The molecule has 1 N–H and O–H groups in total. The highest BCUT2D eigenvalue weighted by Gasteiger charge is 2.30. The van der Waals surface area contributed by atoms with Crippen LogP contribution in [0.4, 0.5) is 0 Å². The van der Waals surface area contributed by atoms with Crippen LogP contribution >= 0.6 is 23.1 Å². The summed E-state index contributed by atoms with van der Waals surface area (Å²) in [5.74, 6) is 2.14. The van der Waals surface area contributed by atoms with E-state index >= 15 is 0 Å². The summed E-state index contributed by atoms with van der Waals surface area (Å²) >= 11 is 3.69. The van der Waals surface area contributed by atoms with Crippen molar-refractivity contribution in [2.24, 2.45) is 10.9 Å². The lowest BCUT2D eigenvalue weighted by atomic mass is 9.86. The molecule has 2 nitrogen and oxygen atoms in total. The number of nitrogens with zero attached hydrogens (tertiary/aromatic N) is 1. The van der Waals surface area contributed by atoms with Gasteiger partial charge in [0.05, 0.1) is 6.54 Å². The predicted molar refractivity (Wildman–Crippen MR) is 81.5 cm³/mol. The first kappa shape index (κ1) is 12.5. The number of thioether (sulfide) groups is 1. The molecule has 2 aliphatic rings. The molecular formula is C14H20N2S2. The van der Waals surface area contributed by atoms with Gasteiger partial charge in [0.2, 0.25) is 0 Å². The summed E-state index contributed by atoms with van der Waals surface area (Å²) in [6.07, 6.45) is 5.54. The molecule has 0 bridgehead atoms. The standard InChI is InChI=1S/C14H20N2S2/c1-10-7-17-8-12(10)6-15-14-16-13-5-3-2-4-11(13)9-18-14/h7-8,11,13H,2-6,9H2,1H3,(H,15,16). The first-order valence-corrected chi connectivity index (χ1v) is 8.71. The SMILES string of the molecule is Cc1cscc1CN=C1NC2CCCCC2CS1. The molecule has 18 heavy (non-hydrogen) atoms. The quantitative estimate of drug-likeness (QED) is 0.891. The van der Waals surface area contributed by atoms with Crippen LogP contribution in [0.3, 0.4) is 0 Å². The van der Waals surface area contributed by atoms with Gasteiger partial charge < -0.3 is 5.32 Å². The van der Waals surface area contributed by atoms with Crippen molar-refractivity contribution in [2.75, 3.05) is 5.75 Å². The van der Waals surface area contributed by atoms with Crippen LogP contribution in [0.15, 0.2) is 15.8 Å². The number of thiophene rings is 1. The number of fused-ring (bicyclic) bond motifs is 1. The van der Waals surface area contributed by atoms with E-state index in [1.165, 1.54) is 47.7 Å². The molecule has 2 fully saturated rings. The van der Waals surface area contributed by atoms with E-state index in [4.69, 9.17) is 4.99 Å². The number of amidine groups is 1. The van der Waals surface area contributed by atoms with Crippen LogP contribution in [-0.4, -0.2) is 17.0 Å². The van der Waals surface area contributed by atoms with Crippen LogP contribution in [0.5, 0.6) is 0 Å². The molecule has 0 aromatic carbocycles. The Morgan fingerprint density at radius 3 is 3.06 bits per heavy atom. The van der Waals surface area contributed by atoms with E-state index in [1.54, 1.807) is 11.3 Å². The largest absolute Gasteiger partial charge is 0.362 e. The topological polar surface area (TPSA) is 24.4 Å². The third-order valence-electron chi connectivity index (χ3n) is 4.01. The van der Waals surface area contributed by atoms with Crippen molar-refractivity contribution in [3.05, 3.63) is 21.9 Å². The van der Waals surface area contributed by atoms with Gasteiger partial charge in [-0.05, 0) is 47.6 Å². The molecule has 0 radical (unpaired) electrons. The Bertz CT molecular complexity index is 439. The number of rotatable bonds is 2. The summed E-state index contributed by atoms with van der Waals surface area (Å²) in [4.78, 5) is 4.75. The van der Waals surface area contributed by atoms with Gasteiger partial charge in [-0.15, -0.1) is 0 Å². The first-order valence-electron chi connectivity index (χ1n) is 6.78. The molecule has 1 aliphatic carbocycles. The fourth-order valence-corrected chi connectivity index (χ4v) is 4.79. The first-order chi connectivity index (χ1) is 8.83. The van der Waals surface area contributed by atoms with E-state index < -0.39 is 0 Å². The summed E-state index contributed by atoms with van der Waals surface area (Å²) in [7, 11) is 0. The zero-order valence-corrected chi connectivity index (χ0v) is 12.4. The van der Waals surface area contributed by atoms with E-state index in [9.17, 15) is 0 Å². The summed E-state index contributed by atoms with van der Waals surface area (Å²) in [5.41, 5.74) is 2.75. The third-order valence-corrected chi connectivity index (χ3v) is 6.03. The molecule has 1 saturated carbocycles. The van der Waals surface area contributed by atoms with Gasteiger partial charge in [-0.1, -0.05) is 24.6 Å². The van der Waals surface area contributed by atoms with Crippen LogP contribution in [0.1, 0.15) is 36.8 Å². The fourth-order valence-electron chi connectivity index (χ4n) is 2.78. The van der Waals surface area contributed by atoms with Crippen LogP contribution in [0.25, 0.3) is 0 Å². The van der Waals surface area contributed by atoms with Gasteiger partial charge in [-0.2, -0.15) is 11.3 Å². The lowest BCUT2D eigenvalue weighted by Gasteiger charge is -2.36. The minimum absolute atomic E-state index is 0.697. The second-order valence-corrected chi connectivity index (χ2v) is 7.06. The van der Waals surface area contributed by atoms with E-state index in [-0.39, 0.29) is 0 Å². The monoisotopic (exact) mass is 280 g/mol. The molecule has 4 heteroatoms. The van der Waals surface area contributed by atoms with Gasteiger partial charge in [0.25, 0.3) is 0 Å². The van der Waals surface area contributed by atoms with Crippen molar-refractivity contribution >= 4 is 28.3 Å². The number of hydrogen-bond acceptors (Lipinski definition) is 3. The summed E-state index contributed by atoms with van der Waals surface area (Å²) in [5, 5.41) is 9.24. The van der Waals surface area contributed by atoms with Crippen LogP contribution < -0.4 is 5.32 Å². The van der Waals surface area contributed by atoms with Gasteiger partial charge in [0.1, 0.15) is 0 Å². The van der Waals surface area contributed by atoms with Gasteiger partial charge in [-0.3, -0.25) is 4.99 Å². The Hall–Kier alpha value is -0.480. The average Bonchev–Trinajstić information content (AvgIpc) is 2.82. The fraction of sp³-hybridized carbons (Fsp3) is 0.643. The zero-order valence-electron chi connectivity index (χ0n) is 10.8. The molecule has 2 heterocycles. The normalized spacial score (nSPS) is 29.9. The van der Waals surface area contributed by atoms with Crippen LogP contribution in [-0.2, 0) is 6.54 Å². The van der Waals surface area contributed by atoms with Crippen molar-refractivity contribution in [1.82, 2.24) is 5.32 Å². The number of hydrogen-bond donors (Lipinski definition) is 1. The van der Waals surface area contributed by atoms with Crippen molar-refractivity contribution in [3.8, 4) is 0 Å². The Balaban J connectivity index is 1.61. The highest BCUT2D eigenvalue weighted by molar-refractivity contribution is 8.13. The van der Waals surface area contributed by atoms with E-state index in [0.717, 1.165) is 12.5 Å². The average molecular weight is 280 g/mol. The predicted octanol–water partition coefficient (Wildman–Crippen LogP) is 3.81. The Kier molecular flexibility index (Phi) is 3.94. The van der Waals surface area contributed by atoms with Gasteiger partial charge in [0.15, 0.2) is 5.17 Å². The van der Waals surface area contributed by atoms with Crippen LogP contribution in [0, 0.1) is 12.8 Å². The molecule has 1 saturated heterocycles. The molecule has 3 rings (SSSR count). The van der Waals surface area contributed by atoms with Crippen molar-refractivity contribution < 1.29 is 0 Å². The van der Waals surface area contributed by atoms with Gasteiger partial charge >= 0.3 is 0 Å². The summed E-state index contributed by atoms with van der Waals surface area (Å²) < 4.78 is 0. The van der Waals surface area contributed by atoms with Crippen LogP contribution in [0.2, 0.25) is 0 Å². The molecule has 1 aromatic rings. The number of nitrogens with one attached hydrogen (secondary N) is 1. The maximum atomic E-state index is 4.75. The molecule has 98 valence electrons. The lowest BCUT2D eigenvalue weighted by molar-refractivity contribution is 0.311. The Morgan fingerprint density at radius 2 is 2.22 bits per heavy atom. The van der Waals surface area contributed by atoms with Crippen molar-refractivity contribution in [1.29, 1.82) is 0 Å². The van der Waals surface area contributed by atoms with E-state index in [0.29, 0.717) is 6.04 Å². The minimum atomic E-state index is 0.697. The summed E-state index contributed by atoms with van der Waals surface area (Å²) in [6, 6.07) is 0.697. The van der Waals surface area contributed by atoms with Crippen molar-refractivity contribution in [3.63, 3.8) is 0 Å². The molecule has 2 unspecified atom stereocenters. The summed E-state index contributed by atoms with van der Waals surface area (Å²) in [6.45, 7) is 3.01. The second kappa shape index (κ2) is 5.66. The molecule has 0 spiro atoms. The minimum Gasteiger partial charge on any atom is -0.362 e. The van der Waals surface area contributed by atoms with Gasteiger partial charge in [-0.25, -0.2) is 0 Å². The molecule has 1 aromatic heterocycles. The van der Waals surface area contributed by atoms with Gasteiger partial charge in [0, 0.05) is 11.8 Å². The van der Waals surface area contributed by atoms with E-state index in [2.05, 4.69) is 23.0 Å². The maximum absolute atomic E-state index is 4.75. The smallest absolute Gasteiger partial charge is 0.157 e. The van der Waals surface area contributed by atoms with E-state index in [1.807, 2.05) is 11.8 Å². The number of aliphatic imine (C=N–C) groups is 1. The zero-order chi connectivity index (χ0) is 12.4. The molecule has 0 amide bonds. The lowest BCUT2D eigenvalue weighted by Crippen LogP contribution is -2.46. The highest BCUT2D eigenvalue weighted by atomic mass is 32.2. The second-order valence-electron chi connectivity index (χ2n) is 5.31. The maximum Gasteiger partial charge on any atom is 0.157 e. The Morgan fingerprint density at radius 1 is 1.33 bits per heavy atom. The Labute approximate surface area is 117 Å². The molecule has 2 atom stereocenters. The highest BCUT2D eigenvalue weighted by Crippen LogP contribution is 2.31. The molecule has 1 aliphatic heterocycles.